The van der Waals surface area contributed by atoms with Gasteiger partial charge in [0.15, 0.2) is 0 Å². The van der Waals surface area contributed by atoms with Crippen LogP contribution in [-0.4, -0.2) is 5.91 Å². The highest BCUT2D eigenvalue weighted by Gasteiger charge is 2.46. The first-order chi connectivity index (χ1) is 15.0. The quantitative estimate of drug-likeness (QED) is 0.361. The van der Waals surface area contributed by atoms with Crippen molar-refractivity contribution in [3.8, 4) is 0 Å². The number of hydrogen-bond acceptors (Lipinski definition) is 3. The predicted molar refractivity (Wildman–Crippen MR) is 128 cm³/mol. The van der Waals surface area contributed by atoms with Crippen LogP contribution in [0.1, 0.15) is 34.3 Å². The van der Waals surface area contributed by atoms with Gasteiger partial charge in [0, 0.05) is 22.6 Å². The Balaban J connectivity index is 1.42. The Bertz CT molecular complexity index is 1290. The number of aryl methyl sites for hydroxylation is 1. The van der Waals surface area contributed by atoms with Gasteiger partial charge >= 0.3 is 0 Å². The Morgan fingerprint density at radius 3 is 2.42 bits per heavy atom. The highest BCUT2D eigenvalue weighted by atomic mass is 16.1. The molecule has 4 aromatic carbocycles. The minimum Gasteiger partial charge on any atom is -0.399 e. The molecule has 1 saturated carbocycles. The van der Waals surface area contributed by atoms with Gasteiger partial charge in [-0.3, -0.25) is 4.79 Å². The molecule has 0 aliphatic heterocycles. The number of amides is 1. The van der Waals surface area contributed by atoms with Crippen molar-refractivity contribution in [2.24, 2.45) is 0 Å². The van der Waals surface area contributed by atoms with Gasteiger partial charge in [-0.25, -0.2) is 0 Å². The van der Waals surface area contributed by atoms with E-state index in [0.29, 0.717) is 11.3 Å². The maximum Gasteiger partial charge on any atom is 0.252 e. The first-order valence-electron chi connectivity index (χ1n) is 10.6. The summed E-state index contributed by atoms with van der Waals surface area (Å²) in [5, 5.41) is 9.09. The average molecular weight is 408 g/mol. The number of fused-ring (bicyclic) bond motifs is 1. The van der Waals surface area contributed by atoms with Crippen molar-refractivity contribution in [1.29, 1.82) is 0 Å². The van der Waals surface area contributed by atoms with Gasteiger partial charge in [-0.2, -0.15) is 0 Å². The smallest absolute Gasteiger partial charge is 0.252 e. The fraction of sp³-hybridized carbons (Fsp3) is 0.148. The minimum absolute atomic E-state index is 0.0424. The molecular formula is C27H25N3O. The number of nitrogens with one attached hydrogen (secondary N) is 2. The molecule has 1 amide bonds. The molecule has 4 nitrogen and oxygen atoms in total. The van der Waals surface area contributed by atoms with Crippen LogP contribution in [0.15, 0.2) is 84.9 Å². The number of nitrogens with two attached hydrogens (primary N) is 1. The van der Waals surface area contributed by atoms with Gasteiger partial charge in [0.25, 0.3) is 5.91 Å². The van der Waals surface area contributed by atoms with Crippen LogP contribution in [0, 0.1) is 6.92 Å². The standard InChI is InChI=1S/C27H25N3O/c1-18-12-13-22(29-21-9-5-8-20(28)16-21)17-24(18)26(31)30-27(14-15-27)25-11-4-7-19-6-2-3-10-23(19)25/h2-13,16-17,29H,14-15,28H2,1H3,(H,30,31). The molecule has 0 saturated heterocycles. The van der Waals surface area contributed by atoms with Crippen molar-refractivity contribution in [3.05, 3.63) is 102 Å². The number of carbonyl (C=O) groups excluding carboxylic acids is 1. The largest absolute Gasteiger partial charge is 0.399 e. The van der Waals surface area contributed by atoms with Gasteiger partial charge in [-0.15, -0.1) is 0 Å². The lowest BCUT2D eigenvalue weighted by Gasteiger charge is -2.21. The highest BCUT2D eigenvalue weighted by Crippen LogP contribution is 2.48. The molecule has 5 rings (SSSR count). The van der Waals surface area contributed by atoms with E-state index in [4.69, 9.17) is 5.73 Å². The number of hydrogen-bond donors (Lipinski definition) is 3. The van der Waals surface area contributed by atoms with E-state index in [1.54, 1.807) is 0 Å². The normalized spacial score (nSPS) is 14.2. The van der Waals surface area contributed by atoms with E-state index >= 15 is 0 Å². The molecule has 1 aliphatic rings. The monoisotopic (exact) mass is 407 g/mol. The Labute approximate surface area is 182 Å². The maximum atomic E-state index is 13.3. The lowest BCUT2D eigenvalue weighted by Crippen LogP contribution is -2.35. The van der Waals surface area contributed by atoms with Gasteiger partial charge in [0.1, 0.15) is 0 Å². The second-order valence-corrected chi connectivity index (χ2v) is 8.34. The second kappa shape index (κ2) is 7.47. The van der Waals surface area contributed by atoms with Gasteiger partial charge in [-0.1, -0.05) is 54.6 Å². The number of benzene rings is 4. The molecule has 31 heavy (non-hydrogen) atoms. The fourth-order valence-corrected chi connectivity index (χ4v) is 4.24. The summed E-state index contributed by atoms with van der Waals surface area (Å²) in [6.45, 7) is 1.97. The van der Waals surface area contributed by atoms with Gasteiger partial charge in [0.2, 0.25) is 0 Å². The fourth-order valence-electron chi connectivity index (χ4n) is 4.24. The number of carbonyl (C=O) groups is 1. The molecule has 0 aromatic heterocycles. The molecule has 0 heterocycles. The summed E-state index contributed by atoms with van der Waals surface area (Å²) in [5.74, 6) is -0.0424. The maximum absolute atomic E-state index is 13.3. The zero-order valence-electron chi connectivity index (χ0n) is 17.5. The first-order valence-corrected chi connectivity index (χ1v) is 10.6. The van der Waals surface area contributed by atoms with E-state index < -0.39 is 0 Å². The third-order valence-corrected chi connectivity index (χ3v) is 6.07. The summed E-state index contributed by atoms with van der Waals surface area (Å²) in [7, 11) is 0. The summed E-state index contributed by atoms with van der Waals surface area (Å²) < 4.78 is 0. The molecule has 154 valence electrons. The third-order valence-electron chi connectivity index (χ3n) is 6.07. The Kier molecular flexibility index (Phi) is 4.63. The van der Waals surface area contributed by atoms with E-state index in [1.807, 2.05) is 55.5 Å². The Hall–Kier alpha value is -3.79. The third kappa shape index (κ3) is 3.73. The molecule has 0 atom stereocenters. The molecule has 4 N–H and O–H groups in total. The van der Waals surface area contributed by atoms with E-state index in [9.17, 15) is 4.79 Å². The van der Waals surface area contributed by atoms with Crippen LogP contribution in [0.4, 0.5) is 17.1 Å². The molecular weight excluding hydrogens is 382 g/mol. The van der Waals surface area contributed by atoms with Crippen LogP contribution >= 0.6 is 0 Å². The lowest BCUT2D eigenvalue weighted by atomic mass is 9.96. The van der Waals surface area contributed by atoms with E-state index in [-0.39, 0.29) is 11.4 Å². The summed E-state index contributed by atoms with van der Waals surface area (Å²) in [6.07, 6.45) is 1.90. The summed E-state index contributed by atoms with van der Waals surface area (Å²) in [6, 6.07) is 28.1. The van der Waals surface area contributed by atoms with Crippen LogP contribution in [-0.2, 0) is 5.54 Å². The summed E-state index contributed by atoms with van der Waals surface area (Å²) in [5.41, 5.74) is 10.9. The van der Waals surface area contributed by atoms with Crippen molar-refractivity contribution in [3.63, 3.8) is 0 Å². The van der Waals surface area contributed by atoms with E-state index in [1.165, 1.54) is 16.3 Å². The zero-order valence-corrected chi connectivity index (χ0v) is 17.5. The molecule has 0 bridgehead atoms. The van der Waals surface area contributed by atoms with Crippen LogP contribution in [0.5, 0.6) is 0 Å². The van der Waals surface area contributed by atoms with Crippen LogP contribution in [0.25, 0.3) is 10.8 Å². The Morgan fingerprint density at radius 2 is 1.61 bits per heavy atom. The van der Waals surface area contributed by atoms with Crippen molar-refractivity contribution >= 4 is 33.7 Å². The minimum atomic E-state index is -0.290. The van der Waals surface area contributed by atoms with Gasteiger partial charge < -0.3 is 16.4 Å². The molecule has 4 heteroatoms. The summed E-state index contributed by atoms with van der Waals surface area (Å²) in [4.78, 5) is 13.3. The van der Waals surface area contributed by atoms with Crippen LogP contribution < -0.4 is 16.4 Å². The molecule has 1 fully saturated rings. The number of rotatable bonds is 5. The SMILES string of the molecule is Cc1ccc(Nc2cccc(N)c2)cc1C(=O)NC1(c2cccc3ccccc23)CC1. The molecule has 0 spiro atoms. The van der Waals surface area contributed by atoms with Gasteiger partial charge in [0.05, 0.1) is 5.54 Å². The molecule has 0 radical (unpaired) electrons. The topological polar surface area (TPSA) is 67.1 Å². The second-order valence-electron chi connectivity index (χ2n) is 8.34. The van der Waals surface area contributed by atoms with E-state index in [0.717, 1.165) is 29.8 Å². The van der Waals surface area contributed by atoms with Crippen molar-refractivity contribution in [2.75, 3.05) is 11.1 Å². The Morgan fingerprint density at radius 1 is 0.871 bits per heavy atom. The molecule has 0 unspecified atom stereocenters. The first kappa shape index (κ1) is 19.2. The van der Waals surface area contributed by atoms with Gasteiger partial charge in [-0.05, 0) is 72.0 Å². The highest BCUT2D eigenvalue weighted by molar-refractivity contribution is 5.98. The van der Waals surface area contributed by atoms with Crippen molar-refractivity contribution in [2.45, 2.75) is 25.3 Å². The van der Waals surface area contributed by atoms with Crippen molar-refractivity contribution in [1.82, 2.24) is 5.32 Å². The predicted octanol–water partition coefficient (Wildman–Crippen LogP) is 5.89. The van der Waals surface area contributed by atoms with Crippen molar-refractivity contribution < 1.29 is 4.79 Å². The van der Waals surface area contributed by atoms with Crippen LogP contribution in [0.3, 0.4) is 0 Å². The van der Waals surface area contributed by atoms with Crippen LogP contribution in [0.2, 0.25) is 0 Å². The summed E-state index contributed by atoms with van der Waals surface area (Å²) >= 11 is 0. The lowest BCUT2D eigenvalue weighted by molar-refractivity contribution is 0.0930. The van der Waals surface area contributed by atoms with E-state index in [2.05, 4.69) is 47.0 Å². The molecule has 4 aromatic rings. The number of nitrogen functional groups attached to an aromatic ring is 1. The molecule has 1 aliphatic carbocycles. The zero-order chi connectivity index (χ0) is 21.4. The average Bonchev–Trinajstić information content (AvgIpc) is 3.55. The number of anilines is 3.